The summed E-state index contributed by atoms with van der Waals surface area (Å²) in [6.45, 7) is 8.88. The first-order chi connectivity index (χ1) is 10.0. The van der Waals surface area contributed by atoms with Crippen LogP contribution in [0.1, 0.15) is 31.3 Å². The molecule has 21 heavy (non-hydrogen) atoms. The summed E-state index contributed by atoms with van der Waals surface area (Å²) in [5.41, 5.74) is 8.19. The second-order valence-electron chi connectivity index (χ2n) is 5.01. The SMILES string of the molecule is CCN(CC)CC(N)c1noc(-c2cc(Br)ccc2C)n1. The number of likely N-dealkylation sites (N-methyl/N-ethyl adjacent to an activating group) is 1. The zero-order valence-corrected chi connectivity index (χ0v) is 14.2. The predicted octanol–water partition coefficient (Wildman–Crippen LogP) is 3.15. The van der Waals surface area contributed by atoms with Crippen molar-refractivity contribution >= 4 is 15.9 Å². The Balaban J connectivity index is 2.19. The van der Waals surface area contributed by atoms with Crippen molar-refractivity contribution in [2.45, 2.75) is 26.8 Å². The second kappa shape index (κ2) is 7.15. The molecule has 1 heterocycles. The Morgan fingerprint density at radius 2 is 2.05 bits per heavy atom. The van der Waals surface area contributed by atoms with Gasteiger partial charge in [0.25, 0.3) is 5.89 Å². The summed E-state index contributed by atoms with van der Waals surface area (Å²) in [4.78, 5) is 6.69. The summed E-state index contributed by atoms with van der Waals surface area (Å²) < 4.78 is 6.36. The molecular formula is C15H21BrN4O. The van der Waals surface area contributed by atoms with E-state index in [1.807, 2.05) is 25.1 Å². The molecule has 0 aliphatic rings. The van der Waals surface area contributed by atoms with Crippen LogP contribution in [0.4, 0.5) is 0 Å². The van der Waals surface area contributed by atoms with Crippen molar-refractivity contribution < 1.29 is 4.52 Å². The molecule has 0 radical (unpaired) electrons. The van der Waals surface area contributed by atoms with E-state index in [1.165, 1.54) is 0 Å². The normalized spacial score (nSPS) is 12.9. The van der Waals surface area contributed by atoms with Crippen molar-refractivity contribution in [3.05, 3.63) is 34.1 Å². The summed E-state index contributed by atoms with van der Waals surface area (Å²) in [6.07, 6.45) is 0. The van der Waals surface area contributed by atoms with Gasteiger partial charge in [-0.25, -0.2) is 0 Å². The van der Waals surface area contributed by atoms with E-state index in [9.17, 15) is 0 Å². The fourth-order valence-corrected chi connectivity index (χ4v) is 2.52. The third kappa shape index (κ3) is 3.90. The molecule has 0 saturated carbocycles. The molecule has 0 fully saturated rings. The van der Waals surface area contributed by atoms with Gasteiger partial charge in [0.05, 0.1) is 6.04 Å². The van der Waals surface area contributed by atoms with E-state index < -0.39 is 0 Å². The molecule has 0 aliphatic heterocycles. The maximum absolute atomic E-state index is 6.17. The van der Waals surface area contributed by atoms with Crippen molar-refractivity contribution in [3.63, 3.8) is 0 Å². The number of nitrogens with zero attached hydrogens (tertiary/aromatic N) is 3. The Bertz CT molecular complexity index is 595. The van der Waals surface area contributed by atoms with Crippen molar-refractivity contribution in [1.29, 1.82) is 0 Å². The minimum atomic E-state index is -0.241. The summed E-state index contributed by atoms with van der Waals surface area (Å²) in [5.74, 6) is 1.06. The molecule has 2 rings (SSSR count). The van der Waals surface area contributed by atoms with Crippen LogP contribution < -0.4 is 5.73 Å². The molecule has 1 atom stereocenters. The largest absolute Gasteiger partial charge is 0.334 e. The standard InChI is InChI=1S/C15H21BrN4O/c1-4-20(5-2)9-13(17)14-18-15(21-19-14)12-8-11(16)7-6-10(12)3/h6-8,13H,4-5,9,17H2,1-3H3. The molecule has 5 nitrogen and oxygen atoms in total. The van der Waals surface area contributed by atoms with Gasteiger partial charge in [-0.2, -0.15) is 4.98 Å². The van der Waals surface area contributed by atoms with Gasteiger partial charge >= 0.3 is 0 Å². The van der Waals surface area contributed by atoms with Crippen LogP contribution in [0.5, 0.6) is 0 Å². The molecule has 2 N–H and O–H groups in total. The van der Waals surface area contributed by atoms with E-state index in [4.69, 9.17) is 10.3 Å². The molecule has 0 amide bonds. The van der Waals surface area contributed by atoms with Crippen LogP contribution in [0.2, 0.25) is 0 Å². The average molecular weight is 353 g/mol. The third-order valence-corrected chi connectivity index (χ3v) is 4.05. The lowest BCUT2D eigenvalue weighted by Crippen LogP contribution is -2.32. The molecule has 0 aliphatic carbocycles. The number of rotatable bonds is 6. The highest BCUT2D eigenvalue weighted by molar-refractivity contribution is 9.10. The molecule has 1 aromatic carbocycles. The number of aryl methyl sites for hydroxylation is 1. The number of hydrogen-bond acceptors (Lipinski definition) is 5. The number of halogens is 1. The topological polar surface area (TPSA) is 68.2 Å². The van der Waals surface area contributed by atoms with E-state index in [0.29, 0.717) is 11.7 Å². The summed E-state index contributed by atoms with van der Waals surface area (Å²) in [7, 11) is 0. The average Bonchev–Trinajstić information content (AvgIpc) is 2.96. The molecule has 114 valence electrons. The molecule has 1 aromatic heterocycles. The van der Waals surface area contributed by atoms with Gasteiger partial charge in [0.1, 0.15) is 0 Å². The Labute approximate surface area is 133 Å². The maximum Gasteiger partial charge on any atom is 0.258 e. The zero-order chi connectivity index (χ0) is 15.4. The Morgan fingerprint density at radius 1 is 1.33 bits per heavy atom. The lowest BCUT2D eigenvalue weighted by molar-refractivity contribution is 0.278. The van der Waals surface area contributed by atoms with Crippen molar-refractivity contribution in [2.75, 3.05) is 19.6 Å². The van der Waals surface area contributed by atoms with Crippen molar-refractivity contribution in [2.24, 2.45) is 5.73 Å². The van der Waals surface area contributed by atoms with Gasteiger partial charge in [0.15, 0.2) is 5.82 Å². The minimum Gasteiger partial charge on any atom is -0.334 e. The van der Waals surface area contributed by atoms with Crippen LogP contribution in [0.15, 0.2) is 27.2 Å². The van der Waals surface area contributed by atoms with Crippen LogP contribution in [0.25, 0.3) is 11.5 Å². The first-order valence-electron chi connectivity index (χ1n) is 7.13. The molecule has 0 saturated heterocycles. The van der Waals surface area contributed by atoms with E-state index >= 15 is 0 Å². The molecule has 0 bridgehead atoms. The smallest absolute Gasteiger partial charge is 0.258 e. The molecule has 2 aromatic rings. The maximum atomic E-state index is 6.17. The number of hydrogen-bond donors (Lipinski definition) is 1. The van der Waals surface area contributed by atoms with Gasteiger partial charge in [0, 0.05) is 16.6 Å². The molecule has 0 spiro atoms. The highest BCUT2D eigenvalue weighted by atomic mass is 79.9. The van der Waals surface area contributed by atoms with E-state index in [0.717, 1.165) is 35.2 Å². The fraction of sp³-hybridized carbons (Fsp3) is 0.467. The van der Waals surface area contributed by atoms with Gasteiger partial charge in [-0.1, -0.05) is 41.0 Å². The molecular weight excluding hydrogens is 332 g/mol. The lowest BCUT2D eigenvalue weighted by atomic mass is 10.1. The number of nitrogens with two attached hydrogens (primary N) is 1. The Hall–Kier alpha value is -1.24. The van der Waals surface area contributed by atoms with Crippen LogP contribution >= 0.6 is 15.9 Å². The minimum absolute atomic E-state index is 0.241. The van der Waals surface area contributed by atoms with E-state index in [2.05, 4.69) is 44.8 Å². The predicted molar refractivity (Wildman–Crippen MR) is 86.9 cm³/mol. The highest BCUT2D eigenvalue weighted by Crippen LogP contribution is 2.26. The van der Waals surface area contributed by atoms with Crippen molar-refractivity contribution in [3.8, 4) is 11.5 Å². The van der Waals surface area contributed by atoms with Crippen LogP contribution in [0.3, 0.4) is 0 Å². The number of aromatic nitrogens is 2. The van der Waals surface area contributed by atoms with Gasteiger partial charge in [-0.05, 0) is 37.7 Å². The Morgan fingerprint density at radius 3 is 2.71 bits per heavy atom. The highest BCUT2D eigenvalue weighted by Gasteiger charge is 2.18. The van der Waals surface area contributed by atoms with Gasteiger partial charge < -0.3 is 15.2 Å². The van der Waals surface area contributed by atoms with Crippen LogP contribution in [0, 0.1) is 6.92 Å². The van der Waals surface area contributed by atoms with Crippen LogP contribution in [-0.2, 0) is 0 Å². The van der Waals surface area contributed by atoms with Crippen molar-refractivity contribution in [1.82, 2.24) is 15.0 Å². The zero-order valence-electron chi connectivity index (χ0n) is 12.6. The first-order valence-corrected chi connectivity index (χ1v) is 7.92. The lowest BCUT2D eigenvalue weighted by Gasteiger charge is -2.20. The summed E-state index contributed by atoms with van der Waals surface area (Å²) in [5, 5.41) is 4.03. The third-order valence-electron chi connectivity index (χ3n) is 3.55. The molecule has 1 unspecified atom stereocenters. The molecule has 6 heteroatoms. The van der Waals surface area contributed by atoms with Gasteiger partial charge in [-0.15, -0.1) is 0 Å². The fourth-order valence-electron chi connectivity index (χ4n) is 2.16. The second-order valence-corrected chi connectivity index (χ2v) is 5.92. The quantitative estimate of drug-likeness (QED) is 0.864. The van der Waals surface area contributed by atoms with Gasteiger partial charge in [-0.3, -0.25) is 0 Å². The first kappa shape index (κ1) is 16.1. The summed E-state index contributed by atoms with van der Waals surface area (Å²) >= 11 is 3.46. The van der Waals surface area contributed by atoms with Gasteiger partial charge in [0.2, 0.25) is 0 Å². The Kier molecular flexibility index (Phi) is 5.50. The number of benzene rings is 1. The monoisotopic (exact) mass is 352 g/mol. The van der Waals surface area contributed by atoms with Crippen LogP contribution in [-0.4, -0.2) is 34.7 Å². The summed E-state index contributed by atoms with van der Waals surface area (Å²) in [6, 6.07) is 5.74. The van der Waals surface area contributed by atoms with E-state index in [1.54, 1.807) is 0 Å². The van der Waals surface area contributed by atoms with E-state index in [-0.39, 0.29) is 6.04 Å².